The van der Waals surface area contributed by atoms with Crippen LogP contribution in [-0.4, -0.2) is 15.8 Å². The van der Waals surface area contributed by atoms with Crippen LogP contribution in [0, 0.1) is 11.3 Å². The number of hydrogen-bond acceptors (Lipinski definition) is 6. The van der Waals surface area contributed by atoms with Crippen LogP contribution in [0.1, 0.15) is 5.01 Å². The third-order valence-corrected chi connectivity index (χ3v) is 3.79. The van der Waals surface area contributed by atoms with Crippen molar-refractivity contribution >= 4 is 33.0 Å². The number of aromatic nitrogens is 1. The molecule has 1 heterocycles. The molecule has 0 saturated heterocycles. The van der Waals surface area contributed by atoms with Crippen LogP contribution in [-0.2, 0) is 0 Å². The van der Waals surface area contributed by atoms with Crippen molar-refractivity contribution in [3.8, 4) is 11.8 Å². The summed E-state index contributed by atoms with van der Waals surface area (Å²) < 4.78 is 1.01. The molecule has 0 amide bonds. The highest BCUT2D eigenvalue weighted by molar-refractivity contribution is 7.20. The molecule has 21 heavy (non-hydrogen) atoms. The molecule has 0 radical (unpaired) electrons. The Morgan fingerprint density at radius 1 is 1.24 bits per heavy atom. The van der Waals surface area contributed by atoms with Gasteiger partial charge in [-0.25, -0.2) is 4.98 Å². The molecule has 0 unspecified atom stereocenters. The first-order valence-electron chi connectivity index (χ1n) is 6.15. The van der Waals surface area contributed by atoms with E-state index in [0.717, 1.165) is 10.2 Å². The Hall–Kier alpha value is -2.91. The van der Waals surface area contributed by atoms with Gasteiger partial charge in [0.15, 0.2) is 10.7 Å². The van der Waals surface area contributed by atoms with Gasteiger partial charge in [0.1, 0.15) is 11.8 Å². The van der Waals surface area contributed by atoms with Crippen LogP contribution in [0.5, 0.6) is 5.75 Å². The van der Waals surface area contributed by atoms with E-state index in [1.807, 2.05) is 30.3 Å². The number of rotatable bonds is 3. The molecule has 0 aliphatic rings. The zero-order valence-corrected chi connectivity index (χ0v) is 11.6. The highest BCUT2D eigenvalue weighted by Gasteiger charge is 2.09. The van der Waals surface area contributed by atoms with Gasteiger partial charge in [0.2, 0.25) is 0 Å². The van der Waals surface area contributed by atoms with Crippen LogP contribution >= 0.6 is 11.3 Å². The molecule has 0 aliphatic heterocycles. The van der Waals surface area contributed by atoms with Crippen LogP contribution in [0.2, 0.25) is 0 Å². The van der Waals surface area contributed by atoms with Gasteiger partial charge in [-0.05, 0) is 24.3 Å². The lowest BCUT2D eigenvalue weighted by molar-refractivity contribution is 0.475. The first kappa shape index (κ1) is 13.1. The van der Waals surface area contributed by atoms with Crippen molar-refractivity contribution in [3.05, 3.63) is 53.5 Å². The lowest BCUT2D eigenvalue weighted by Crippen LogP contribution is -2.01. The largest absolute Gasteiger partial charge is 0.508 e. The van der Waals surface area contributed by atoms with Gasteiger partial charge in [0.05, 0.1) is 15.9 Å². The number of para-hydroxylation sites is 1. The Bertz CT molecular complexity index is 830. The van der Waals surface area contributed by atoms with Crippen LogP contribution in [0.4, 0.5) is 5.69 Å². The van der Waals surface area contributed by atoms with E-state index in [-0.39, 0.29) is 11.5 Å². The molecular weight excluding hydrogens is 284 g/mol. The summed E-state index contributed by atoms with van der Waals surface area (Å²) >= 11 is 1.41. The van der Waals surface area contributed by atoms with Crippen molar-refractivity contribution < 1.29 is 5.11 Å². The lowest BCUT2D eigenvalue weighted by atomic mass is 10.3. The molecule has 0 spiro atoms. The average molecular weight is 294 g/mol. The molecule has 2 N–H and O–H groups in total. The predicted octanol–water partition coefficient (Wildman–Crippen LogP) is 3.34. The van der Waals surface area contributed by atoms with Gasteiger partial charge < -0.3 is 5.11 Å². The van der Waals surface area contributed by atoms with E-state index in [9.17, 15) is 10.4 Å². The number of anilines is 1. The number of nitrogens with one attached hydrogen (secondary N) is 1. The maximum atomic E-state index is 9.38. The Labute approximate surface area is 124 Å². The zero-order valence-electron chi connectivity index (χ0n) is 10.8. The summed E-state index contributed by atoms with van der Waals surface area (Å²) in [5, 5.41) is 23.2. The van der Waals surface area contributed by atoms with E-state index in [1.54, 1.807) is 18.2 Å². The summed E-state index contributed by atoms with van der Waals surface area (Å²) in [7, 11) is 0. The number of hydrogen-bond donors (Lipinski definition) is 2. The first-order chi connectivity index (χ1) is 10.3. The number of phenols is 1. The SMILES string of the molecule is N#CC(=NNc1cccc(O)c1)c1nc2ccccc2s1. The normalized spacial score (nSPS) is 11.3. The number of nitriles is 1. The van der Waals surface area contributed by atoms with E-state index in [1.165, 1.54) is 17.4 Å². The van der Waals surface area contributed by atoms with E-state index in [0.29, 0.717) is 10.7 Å². The van der Waals surface area contributed by atoms with E-state index < -0.39 is 0 Å². The van der Waals surface area contributed by atoms with E-state index >= 15 is 0 Å². The molecule has 3 aromatic rings. The molecular formula is C15H10N4OS. The topological polar surface area (TPSA) is 81.3 Å². The smallest absolute Gasteiger partial charge is 0.196 e. The van der Waals surface area contributed by atoms with Crippen LogP contribution in [0.15, 0.2) is 53.6 Å². The fourth-order valence-electron chi connectivity index (χ4n) is 1.79. The third-order valence-electron chi connectivity index (χ3n) is 2.75. The summed E-state index contributed by atoms with van der Waals surface area (Å²) in [4.78, 5) is 4.39. The number of fused-ring (bicyclic) bond motifs is 1. The quantitative estimate of drug-likeness (QED) is 0.573. The van der Waals surface area contributed by atoms with E-state index in [4.69, 9.17) is 0 Å². The van der Waals surface area contributed by atoms with Crippen molar-refractivity contribution in [1.82, 2.24) is 4.98 Å². The molecule has 2 aromatic carbocycles. The summed E-state index contributed by atoms with van der Waals surface area (Å²) in [6.07, 6.45) is 0. The number of nitrogens with zero attached hydrogens (tertiary/aromatic N) is 3. The number of aromatic hydroxyl groups is 1. The molecule has 0 aliphatic carbocycles. The average Bonchev–Trinajstić information content (AvgIpc) is 2.91. The molecule has 0 bridgehead atoms. The molecule has 0 saturated carbocycles. The fourth-order valence-corrected chi connectivity index (χ4v) is 2.70. The minimum absolute atomic E-state index is 0.133. The van der Waals surface area contributed by atoms with Crippen molar-refractivity contribution in [2.24, 2.45) is 5.10 Å². The summed E-state index contributed by atoms with van der Waals surface area (Å²) in [5.74, 6) is 0.133. The maximum Gasteiger partial charge on any atom is 0.196 e. The summed E-state index contributed by atoms with van der Waals surface area (Å²) in [6.45, 7) is 0. The van der Waals surface area contributed by atoms with Crippen LogP contribution in [0.25, 0.3) is 10.2 Å². The number of benzene rings is 2. The van der Waals surface area contributed by atoms with Gasteiger partial charge in [-0.15, -0.1) is 11.3 Å². The van der Waals surface area contributed by atoms with Crippen LogP contribution in [0.3, 0.4) is 0 Å². The van der Waals surface area contributed by atoms with Gasteiger partial charge in [-0.3, -0.25) is 5.43 Å². The van der Waals surface area contributed by atoms with Gasteiger partial charge >= 0.3 is 0 Å². The Morgan fingerprint density at radius 2 is 2.10 bits per heavy atom. The molecule has 1 aromatic heterocycles. The number of phenolic OH excluding ortho intramolecular Hbond substituents is 1. The number of hydrazone groups is 1. The van der Waals surface area contributed by atoms with Gasteiger partial charge in [0.25, 0.3) is 0 Å². The first-order valence-corrected chi connectivity index (χ1v) is 6.97. The zero-order chi connectivity index (χ0) is 14.7. The van der Waals surface area contributed by atoms with Crippen molar-refractivity contribution in [1.29, 1.82) is 5.26 Å². The second-order valence-electron chi connectivity index (χ2n) is 4.22. The fraction of sp³-hybridized carbons (Fsp3) is 0. The van der Waals surface area contributed by atoms with Crippen molar-refractivity contribution in [2.75, 3.05) is 5.43 Å². The highest BCUT2D eigenvalue weighted by Crippen LogP contribution is 2.22. The number of thiazole rings is 1. The third kappa shape index (κ3) is 2.83. The Morgan fingerprint density at radius 3 is 2.86 bits per heavy atom. The van der Waals surface area contributed by atoms with E-state index in [2.05, 4.69) is 15.5 Å². The molecule has 102 valence electrons. The van der Waals surface area contributed by atoms with Gasteiger partial charge in [-0.1, -0.05) is 18.2 Å². The minimum atomic E-state index is 0.133. The Balaban J connectivity index is 1.91. The molecule has 6 heteroatoms. The monoisotopic (exact) mass is 294 g/mol. The highest BCUT2D eigenvalue weighted by atomic mass is 32.1. The predicted molar refractivity (Wildman–Crippen MR) is 83.5 cm³/mol. The van der Waals surface area contributed by atoms with Gasteiger partial charge in [0, 0.05) is 6.07 Å². The van der Waals surface area contributed by atoms with Crippen molar-refractivity contribution in [2.45, 2.75) is 0 Å². The second kappa shape index (κ2) is 5.61. The van der Waals surface area contributed by atoms with Crippen molar-refractivity contribution in [3.63, 3.8) is 0 Å². The van der Waals surface area contributed by atoms with Gasteiger partial charge in [-0.2, -0.15) is 10.4 Å². The minimum Gasteiger partial charge on any atom is -0.508 e. The summed E-state index contributed by atoms with van der Waals surface area (Å²) in [6, 6.07) is 16.2. The molecule has 0 atom stereocenters. The molecule has 0 fully saturated rings. The standard InChI is InChI=1S/C15H10N4OS/c16-9-13(19-18-10-4-3-5-11(20)8-10)15-17-12-6-1-2-7-14(12)21-15/h1-8,18,20H. The lowest BCUT2D eigenvalue weighted by Gasteiger charge is -2.00. The Kier molecular flexibility index (Phi) is 3.50. The second-order valence-corrected chi connectivity index (χ2v) is 5.25. The molecule has 5 nitrogen and oxygen atoms in total. The maximum absolute atomic E-state index is 9.38. The molecule has 3 rings (SSSR count). The summed E-state index contributed by atoms with van der Waals surface area (Å²) in [5.41, 5.74) is 4.41. The van der Waals surface area contributed by atoms with Crippen LogP contribution < -0.4 is 5.43 Å².